The maximum atomic E-state index is 13.9. The molecule has 0 aliphatic heterocycles. The third-order valence-corrected chi connectivity index (χ3v) is 5.66. The number of oxazole rings is 1. The molecule has 26 heavy (non-hydrogen) atoms. The van der Waals surface area contributed by atoms with Crippen LogP contribution in [0.4, 0.5) is 4.39 Å². The number of nitrogens with zero attached hydrogens (tertiary/aromatic N) is 1. The van der Waals surface area contributed by atoms with Gasteiger partial charge in [-0.2, -0.15) is 0 Å². The Balaban J connectivity index is 1.71. The molecule has 0 fully saturated rings. The Labute approximate surface area is 151 Å². The average Bonchev–Trinajstić information content (AvgIpc) is 2.96. The Hall–Kier alpha value is -2.51. The SMILES string of the molecule is Cc1ccccc1S(=O)(=O)NCCc1nc(-c2ccccc2F)oc1C. The molecule has 0 aliphatic carbocycles. The zero-order valence-corrected chi connectivity index (χ0v) is 15.3. The third kappa shape index (κ3) is 3.84. The highest BCUT2D eigenvalue weighted by molar-refractivity contribution is 7.89. The minimum atomic E-state index is -3.59. The molecular formula is C19H19FN2O3S. The van der Waals surface area contributed by atoms with Crippen molar-refractivity contribution in [3.05, 3.63) is 71.4 Å². The second-order valence-electron chi connectivity index (χ2n) is 5.92. The molecule has 136 valence electrons. The van der Waals surface area contributed by atoms with Crippen LogP contribution >= 0.6 is 0 Å². The monoisotopic (exact) mass is 374 g/mol. The normalized spacial score (nSPS) is 11.7. The van der Waals surface area contributed by atoms with Crippen molar-refractivity contribution >= 4 is 10.0 Å². The molecule has 5 nitrogen and oxygen atoms in total. The lowest BCUT2D eigenvalue weighted by Gasteiger charge is -2.08. The summed E-state index contributed by atoms with van der Waals surface area (Å²) in [6.45, 7) is 3.64. The summed E-state index contributed by atoms with van der Waals surface area (Å²) in [5.74, 6) is 0.316. The van der Waals surface area contributed by atoms with E-state index < -0.39 is 15.8 Å². The second-order valence-corrected chi connectivity index (χ2v) is 7.65. The van der Waals surface area contributed by atoms with Gasteiger partial charge in [0, 0.05) is 13.0 Å². The molecule has 0 saturated heterocycles. The lowest BCUT2D eigenvalue weighted by molar-refractivity contribution is 0.531. The number of rotatable bonds is 6. The fourth-order valence-electron chi connectivity index (χ4n) is 2.65. The van der Waals surface area contributed by atoms with E-state index in [-0.39, 0.29) is 22.9 Å². The van der Waals surface area contributed by atoms with Gasteiger partial charge in [0.05, 0.1) is 16.2 Å². The molecule has 1 heterocycles. The molecule has 0 saturated carbocycles. The number of benzene rings is 2. The number of sulfonamides is 1. The van der Waals surface area contributed by atoms with Crippen LogP contribution in [0.25, 0.3) is 11.5 Å². The largest absolute Gasteiger partial charge is 0.441 e. The van der Waals surface area contributed by atoms with Crippen LogP contribution in [0, 0.1) is 19.7 Å². The average molecular weight is 374 g/mol. The van der Waals surface area contributed by atoms with E-state index in [1.165, 1.54) is 6.07 Å². The van der Waals surface area contributed by atoms with Gasteiger partial charge in [0.1, 0.15) is 11.6 Å². The van der Waals surface area contributed by atoms with Gasteiger partial charge in [-0.05, 0) is 37.6 Å². The van der Waals surface area contributed by atoms with Gasteiger partial charge >= 0.3 is 0 Å². The fourth-order valence-corrected chi connectivity index (χ4v) is 3.93. The molecule has 0 spiro atoms. The lowest BCUT2D eigenvalue weighted by atomic mass is 10.2. The van der Waals surface area contributed by atoms with Gasteiger partial charge < -0.3 is 4.42 Å². The Bertz CT molecular complexity index is 1030. The molecule has 0 amide bonds. The minimum Gasteiger partial charge on any atom is -0.441 e. The number of nitrogens with one attached hydrogen (secondary N) is 1. The second kappa shape index (κ2) is 7.39. The van der Waals surface area contributed by atoms with Crippen molar-refractivity contribution in [2.75, 3.05) is 6.54 Å². The van der Waals surface area contributed by atoms with E-state index >= 15 is 0 Å². The minimum absolute atomic E-state index is 0.167. The molecule has 0 radical (unpaired) electrons. The van der Waals surface area contributed by atoms with Crippen molar-refractivity contribution in [3.63, 3.8) is 0 Å². The van der Waals surface area contributed by atoms with E-state index in [1.807, 2.05) is 0 Å². The third-order valence-electron chi connectivity index (χ3n) is 4.03. The lowest BCUT2D eigenvalue weighted by Crippen LogP contribution is -2.26. The first-order chi connectivity index (χ1) is 12.4. The first-order valence-corrected chi connectivity index (χ1v) is 9.63. The first-order valence-electron chi connectivity index (χ1n) is 8.15. The van der Waals surface area contributed by atoms with Gasteiger partial charge in [0.25, 0.3) is 0 Å². The standard InChI is InChI=1S/C19H19FN2O3S/c1-13-7-3-6-10-18(13)26(23,24)21-12-11-17-14(2)25-19(22-17)15-8-4-5-9-16(15)20/h3-10,21H,11-12H2,1-2H3. The molecule has 3 rings (SSSR count). The summed E-state index contributed by atoms with van der Waals surface area (Å²) in [6.07, 6.45) is 0.342. The van der Waals surface area contributed by atoms with Gasteiger partial charge in [-0.25, -0.2) is 22.5 Å². The highest BCUT2D eigenvalue weighted by Crippen LogP contribution is 2.24. The van der Waals surface area contributed by atoms with Crippen LogP contribution in [0.3, 0.4) is 0 Å². The summed E-state index contributed by atoms with van der Waals surface area (Å²) >= 11 is 0. The van der Waals surface area contributed by atoms with Crippen molar-refractivity contribution in [2.45, 2.75) is 25.2 Å². The van der Waals surface area contributed by atoms with Crippen LogP contribution in [-0.4, -0.2) is 19.9 Å². The maximum Gasteiger partial charge on any atom is 0.240 e. The number of aryl methyl sites for hydroxylation is 2. The highest BCUT2D eigenvalue weighted by Gasteiger charge is 2.18. The van der Waals surface area contributed by atoms with E-state index in [0.717, 1.165) is 0 Å². The van der Waals surface area contributed by atoms with Crippen LogP contribution < -0.4 is 4.72 Å². The molecule has 0 atom stereocenters. The van der Waals surface area contributed by atoms with E-state index in [4.69, 9.17) is 4.42 Å². The zero-order chi connectivity index (χ0) is 18.7. The van der Waals surface area contributed by atoms with E-state index in [0.29, 0.717) is 23.4 Å². The summed E-state index contributed by atoms with van der Waals surface area (Å²) in [4.78, 5) is 4.56. The summed E-state index contributed by atoms with van der Waals surface area (Å²) in [7, 11) is -3.59. The van der Waals surface area contributed by atoms with Gasteiger partial charge in [-0.3, -0.25) is 0 Å². The molecular weight excluding hydrogens is 355 g/mol. The molecule has 0 aliphatic rings. The van der Waals surface area contributed by atoms with Crippen LogP contribution in [0.5, 0.6) is 0 Å². The predicted octanol–water partition coefficient (Wildman–Crippen LogP) is 3.62. The first kappa shape index (κ1) is 18.3. The smallest absolute Gasteiger partial charge is 0.240 e. The molecule has 3 aromatic rings. The topological polar surface area (TPSA) is 72.2 Å². The Morgan fingerprint density at radius 1 is 1.08 bits per heavy atom. The number of hydrogen-bond donors (Lipinski definition) is 1. The zero-order valence-electron chi connectivity index (χ0n) is 14.5. The van der Waals surface area contributed by atoms with Gasteiger partial charge in [0.15, 0.2) is 0 Å². The number of hydrogen-bond acceptors (Lipinski definition) is 4. The highest BCUT2D eigenvalue weighted by atomic mass is 32.2. The summed E-state index contributed by atoms with van der Waals surface area (Å²) in [6, 6.07) is 13.0. The van der Waals surface area contributed by atoms with Crippen molar-refractivity contribution < 1.29 is 17.2 Å². The summed E-state index contributed by atoms with van der Waals surface area (Å²) in [5.41, 5.74) is 1.55. The van der Waals surface area contributed by atoms with Crippen molar-refractivity contribution in [1.29, 1.82) is 0 Å². The Morgan fingerprint density at radius 2 is 1.77 bits per heavy atom. The van der Waals surface area contributed by atoms with Crippen LogP contribution in [-0.2, 0) is 16.4 Å². The van der Waals surface area contributed by atoms with Crippen molar-refractivity contribution in [2.24, 2.45) is 0 Å². The van der Waals surface area contributed by atoms with E-state index in [1.54, 1.807) is 56.3 Å². The van der Waals surface area contributed by atoms with Crippen molar-refractivity contribution in [1.82, 2.24) is 9.71 Å². The maximum absolute atomic E-state index is 13.9. The molecule has 0 bridgehead atoms. The van der Waals surface area contributed by atoms with Crippen LogP contribution in [0.1, 0.15) is 17.0 Å². The predicted molar refractivity (Wildman–Crippen MR) is 96.7 cm³/mol. The summed E-state index contributed by atoms with van der Waals surface area (Å²) < 4.78 is 46.8. The number of aromatic nitrogens is 1. The van der Waals surface area contributed by atoms with E-state index in [9.17, 15) is 12.8 Å². The summed E-state index contributed by atoms with van der Waals surface area (Å²) in [5, 5.41) is 0. The van der Waals surface area contributed by atoms with Gasteiger partial charge in [0.2, 0.25) is 15.9 Å². The van der Waals surface area contributed by atoms with Crippen LogP contribution in [0.15, 0.2) is 57.8 Å². The fraction of sp³-hybridized carbons (Fsp3) is 0.211. The van der Waals surface area contributed by atoms with Gasteiger partial charge in [-0.1, -0.05) is 30.3 Å². The molecule has 1 N–H and O–H groups in total. The van der Waals surface area contributed by atoms with Gasteiger partial charge in [-0.15, -0.1) is 0 Å². The number of halogens is 1. The molecule has 2 aromatic carbocycles. The Morgan fingerprint density at radius 3 is 2.50 bits per heavy atom. The molecule has 1 aromatic heterocycles. The van der Waals surface area contributed by atoms with E-state index in [2.05, 4.69) is 9.71 Å². The Kier molecular flexibility index (Phi) is 5.20. The van der Waals surface area contributed by atoms with Crippen molar-refractivity contribution in [3.8, 4) is 11.5 Å². The molecule has 0 unspecified atom stereocenters. The van der Waals surface area contributed by atoms with Crippen LogP contribution in [0.2, 0.25) is 0 Å². The molecule has 7 heteroatoms. The quantitative estimate of drug-likeness (QED) is 0.715.